The minimum absolute atomic E-state index is 0. The third kappa shape index (κ3) is 6.91. The Bertz CT molecular complexity index is 1180. The lowest BCUT2D eigenvalue weighted by Gasteiger charge is -2.14. The van der Waals surface area contributed by atoms with E-state index in [2.05, 4.69) is 10.4 Å². The molecule has 3 aromatic rings. The summed E-state index contributed by atoms with van der Waals surface area (Å²) < 4.78 is 5.60. The van der Waals surface area contributed by atoms with E-state index in [1.54, 1.807) is 54.6 Å². The molecule has 0 spiro atoms. The van der Waals surface area contributed by atoms with Crippen LogP contribution in [0, 0.1) is 5.41 Å². The number of hydrogen-bond donors (Lipinski definition) is 5. The number of nitrogen functional groups attached to an aromatic ring is 1. The van der Waals surface area contributed by atoms with Gasteiger partial charge in [0, 0.05) is 17.5 Å². The molecule has 0 radical (unpaired) electrons. The first-order valence-electron chi connectivity index (χ1n) is 9.32. The number of aliphatic imine (C=N–C) groups is 1. The van der Waals surface area contributed by atoms with Crippen LogP contribution in [0.3, 0.4) is 0 Å². The number of hydrazine groups is 1. The van der Waals surface area contributed by atoms with Crippen LogP contribution in [0.25, 0.3) is 10.8 Å². The zero-order chi connectivity index (χ0) is 22.4. The monoisotopic (exact) mass is 491 g/mol. The van der Waals surface area contributed by atoms with Gasteiger partial charge in [-0.3, -0.25) is 10.2 Å². The zero-order valence-electron chi connectivity index (χ0n) is 17.3. The van der Waals surface area contributed by atoms with E-state index in [1.807, 2.05) is 0 Å². The standard InChI is InChI=1S/C22H21N5O4.2ClH/c23-21(24)15-3-7-17-14(11-15)4-9-19(18(17)8-10-20(28)29)31-22(30)13-1-5-16(6-2-13)26-12-27-25;;/h1-7,9,11-12H,8,10,25H2,(H3,23,24)(H,26,27)(H,28,29);2*1H. The van der Waals surface area contributed by atoms with Crippen LogP contribution in [0.15, 0.2) is 59.6 Å². The molecule has 3 rings (SSSR count). The number of carboxylic acid groups (broad SMARTS) is 1. The molecule has 0 aliphatic rings. The largest absolute Gasteiger partial charge is 0.481 e. The topological polar surface area (TPSA) is 164 Å². The Morgan fingerprint density at radius 3 is 2.33 bits per heavy atom. The molecule has 7 N–H and O–H groups in total. The second kappa shape index (κ2) is 12.4. The van der Waals surface area contributed by atoms with Gasteiger partial charge in [-0.2, -0.15) is 0 Å². The van der Waals surface area contributed by atoms with Gasteiger partial charge in [0.15, 0.2) is 0 Å². The minimum atomic E-state index is -0.960. The van der Waals surface area contributed by atoms with Crippen molar-refractivity contribution in [2.24, 2.45) is 16.6 Å². The van der Waals surface area contributed by atoms with Gasteiger partial charge in [-0.15, -0.1) is 24.8 Å². The number of halogens is 2. The Labute approximate surface area is 202 Å². The third-order valence-electron chi connectivity index (χ3n) is 4.58. The predicted molar refractivity (Wildman–Crippen MR) is 132 cm³/mol. The van der Waals surface area contributed by atoms with Crippen molar-refractivity contribution in [2.45, 2.75) is 12.8 Å². The highest BCUT2D eigenvalue weighted by Gasteiger charge is 2.16. The number of nitrogens with one attached hydrogen (secondary N) is 2. The van der Waals surface area contributed by atoms with Crippen molar-refractivity contribution in [3.05, 3.63) is 71.3 Å². The van der Waals surface area contributed by atoms with Crippen LogP contribution in [-0.2, 0) is 11.2 Å². The second-order valence-electron chi connectivity index (χ2n) is 6.65. The van der Waals surface area contributed by atoms with Crippen molar-refractivity contribution in [3.63, 3.8) is 0 Å². The van der Waals surface area contributed by atoms with Crippen molar-refractivity contribution in [2.75, 3.05) is 0 Å². The Balaban J connectivity index is 0.00000272. The number of carboxylic acids is 1. The van der Waals surface area contributed by atoms with Crippen LogP contribution < -0.4 is 21.7 Å². The molecule has 11 heteroatoms. The van der Waals surface area contributed by atoms with E-state index < -0.39 is 11.9 Å². The fourth-order valence-electron chi connectivity index (χ4n) is 3.08. The Hall–Kier alpha value is -3.66. The van der Waals surface area contributed by atoms with Gasteiger partial charge in [0.25, 0.3) is 0 Å². The Morgan fingerprint density at radius 2 is 1.73 bits per heavy atom. The number of carbonyl (C=O) groups excluding carboxylic acids is 1. The quantitative estimate of drug-likeness (QED) is 0.0804. The molecule has 0 atom stereocenters. The van der Waals surface area contributed by atoms with Crippen molar-refractivity contribution in [1.29, 1.82) is 5.41 Å². The lowest BCUT2D eigenvalue weighted by Crippen LogP contribution is -2.18. The molecule has 174 valence electrons. The maximum Gasteiger partial charge on any atom is 0.343 e. The number of carbonyl (C=O) groups is 2. The van der Waals surface area contributed by atoms with E-state index in [9.17, 15) is 9.59 Å². The second-order valence-corrected chi connectivity index (χ2v) is 6.65. The number of ether oxygens (including phenoxy) is 1. The van der Waals surface area contributed by atoms with Gasteiger partial charge in [0.1, 0.15) is 17.9 Å². The van der Waals surface area contributed by atoms with Gasteiger partial charge in [-0.05, 0) is 53.6 Å². The van der Waals surface area contributed by atoms with Crippen molar-refractivity contribution in [3.8, 4) is 5.75 Å². The van der Waals surface area contributed by atoms with Crippen LogP contribution in [0.4, 0.5) is 5.69 Å². The van der Waals surface area contributed by atoms with E-state index >= 15 is 0 Å². The maximum absolute atomic E-state index is 12.7. The molecule has 0 saturated carbocycles. The molecular weight excluding hydrogens is 469 g/mol. The van der Waals surface area contributed by atoms with Crippen LogP contribution in [0.2, 0.25) is 0 Å². The van der Waals surface area contributed by atoms with Crippen molar-refractivity contribution < 1.29 is 19.4 Å². The summed E-state index contributed by atoms with van der Waals surface area (Å²) >= 11 is 0. The van der Waals surface area contributed by atoms with E-state index in [1.165, 1.54) is 6.34 Å². The first-order chi connectivity index (χ1) is 14.9. The number of nitrogens with two attached hydrogens (primary N) is 2. The summed E-state index contributed by atoms with van der Waals surface area (Å²) in [5.74, 6) is 3.80. The lowest BCUT2D eigenvalue weighted by atomic mass is 9.97. The predicted octanol–water partition coefficient (Wildman–Crippen LogP) is 3.33. The number of aliphatic carboxylic acids is 1. The van der Waals surface area contributed by atoms with Crippen LogP contribution in [0.1, 0.15) is 27.9 Å². The SMILES string of the molecule is Cl.Cl.N=C(N)c1ccc2c(CCC(=O)O)c(OC(=O)c3ccc(N=CNN)cc3)ccc2c1. The van der Waals surface area contributed by atoms with E-state index in [4.69, 9.17) is 26.8 Å². The molecule has 0 aliphatic heterocycles. The minimum Gasteiger partial charge on any atom is -0.481 e. The highest BCUT2D eigenvalue weighted by Crippen LogP contribution is 2.31. The van der Waals surface area contributed by atoms with Gasteiger partial charge in [-0.25, -0.2) is 15.6 Å². The number of nitrogens with zero attached hydrogens (tertiary/aromatic N) is 1. The summed E-state index contributed by atoms with van der Waals surface area (Å²) in [6.45, 7) is 0. The number of fused-ring (bicyclic) bond motifs is 1. The zero-order valence-corrected chi connectivity index (χ0v) is 18.9. The van der Waals surface area contributed by atoms with Gasteiger partial charge in [-0.1, -0.05) is 18.2 Å². The molecule has 0 bridgehead atoms. The number of hydrogen-bond acceptors (Lipinski definition) is 6. The van der Waals surface area contributed by atoms with E-state index in [0.29, 0.717) is 22.4 Å². The molecule has 0 heterocycles. The molecule has 0 aliphatic carbocycles. The molecule has 33 heavy (non-hydrogen) atoms. The molecule has 0 amide bonds. The summed E-state index contributed by atoms with van der Waals surface area (Å²) in [6, 6.07) is 14.9. The van der Waals surface area contributed by atoms with Crippen molar-refractivity contribution >= 4 is 65.4 Å². The summed E-state index contributed by atoms with van der Waals surface area (Å²) in [7, 11) is 0. The van der Waals surface area contributed by atoms with E-state index in [-0.39, 0.29) is 49.2 Å². The smallest absolute Gasteiger partial charge is 0.343 e. The fraction of sp³-hybridized carbons (Fsp3) is 0.0909. The molecule has 3 aromatic carbocycles. The van der Waals surface area contributed by atoms with Crippen LogP contribution in [0.5, 0.6) is 5.75 Å². The average Bonchev–Trinajstić information content (AvgIpc) is 2.76. The molecule has 9 nitrogen and oxygen atoms in total. The van der Waals surface area contributed by atoms with E-state index in [0.717, 1.165) is 10.8 Å². The lowest BCUT2D eigenvalue weighted by molar-refractivity contribution is -0.136. The number of esters is 1. The summed E-state index contributed by atoms with van der Waals surface area (Å²) in [6.07, 6.45) is 1.36. The first-order valence-corrected chi connectivity index (χ1v) is 9.32. The average molecular weight is 492 g/mol. The van der Waals surface area contributed by atoms with Crippen LogP contribution >= 0.6 is 24.8 Å². The number of rotatable bonds is 8. The highest BCUT2D eigenvalue weighted by atomic mass is 35.5. The third-order valence-corrected chi connectivity index (χ3v) is 4.58. The van der Waals surface area contributed by atoms with Gasteiger partial charge in [0.2, 0.25) is 0 Å². The molecular formula is C22H23Cl2N5O4. The van der Waals surface area contributed by atoms with Crippen LogP contribution in [-0.4, -0.2) is 29.2 Å². The summed E-state index contributed by atoms with van der Waals surface area (Å²) in [4.78, 5) is 27.8. The molecule has 0 aromatic heterocycles. The maximum atomic E-state index is 12.7. The Morgan fingerprint density at radius 1 is 1.06 bits per heavy atom. The first kappa shape index (κ1) is 27.4. The number of benzene rings is 3. The summed E-state index contributed by atoms with van der Waals surface area (Å²) in [5.41, 5.74) is 9.91. The van der Waals surface area contributed by atoms with Gasteiger partial charge in [0.05, 0.1) is 11.3 Å². The highest BCUT2D eigenvalue weighted by molar-refractivity contribution is 6.00. The van der Waals surface area contributed by atoms with Gasteiger partial charge < -0.3 is 21.0 Å². The number of aryl methyl sites for hydroxylation is 1. The van der Waals surface area contributed by atoms with Gasteiger partial charge >= 0.3 is 11.9 Å². The molecule has 0 fully saturated rings. The van der Waals surface area contributed by atoms with Crippen molar-refractivity contribution in [1.82, 2.24) is 5.43 Å². The molecule has 0 unspecified atom stereocenters. The fourth-order valence-corrected chi connectivity index (χ4v) is 3.08. The summed E-state index contributed by atoms with van der Waals surface area (Å²) in [5, 5.41) is 18.2. The molecule has 0 saturated heterocycles. The normalized spacial score (nSPS) is 10.2. The number of amidine groups is 1. The Kier molecular flexibility index (Phi) is 10.3.